The van der Waals surface area contributed by atoms with Crippen LogP contribution in [0, 0.1) is 47.4 Å². The average Bonchev–Trinajstić information content (AvgIpc) is 3.95. The van der Waals surface area contributed by atoms with Crippen molar-refractivity contribution in [2.75, 3.05) is 21.3 Å². The Kier molecular flexibility index (Phi) is 10.6. The number of benzene rings is 5. The van der Waals surface area contributed by atoms with Crippen LogP contribution in [-0.2, 0) is 9.47 Å². The van der Waals surface area contributed by atoms with E-state index in [4.69, 9.17) is 14.2 Å². The van der Waals surface area contributed by atoms with Gasteiger partial charge in [-0.1, -0.05) is 83.8 Å². The number of thiophene rings is 2. The lowest BCUT2D eigenvalue weighted by Crippen LogP contribution is -2.04. The number of fused-ring (bicyclic) bond motifs is 2. The molecule has 0 fully saturated rings. The summed E-state index contributed by atoms with van der Waals surface area (Å²) in [5.41, 5.74) is 4.67. The predicted octanol–water partition coefficient (Wildman–Crippen LogP) is 9.30. The maximum atomic E-state index is 12.7. The van der Waals surface area contributed by atoms with Crippen molar-refractivity contribution in [3.05, 3.63) is 168 Å². The second-order valence-electron chi connectivity index (χ2n) is 11.7. The van der Waals surface area contributed by atoms with E-state index in [0.29, 0.717) is 39.1 Å². The molecule has 5 aromatic carbocycles. The molecular formula is C47H28O5S2. The summed E-state index contributed by atoms with van der Waals surface area (Å²) in [4.78, 5) is 27.3. The molecule has 258 valence electrons. The fourth-order valence-electron chi connectivity index (χ4n) is 5.82. The highest BCUT2D eigenvalue weighted by atomic mass is 32.1. The van der Waals surface area contributed by atoms with E-state index in [1.165, 1.54) is 36.9 Å². The second kappa shape index (κ2) is 16.1. The third-order valence-corrected chi connectivity index (χ3v) is 9.98. The van der Waals surface area contributed by atoms with Crippen molar-refractivity contribution < 1.29 is 23.8 Å². The number of ether oxygens (including phenoxy) is 3. The zero-order valence-corrected chi connectivity index (χ0v) is 31.0. The summed E-state index contributed by atoms with van der Waals surface area (Å²) in [7, 11) is 4.35. The van der Waals surface area contributed by atoms with E-state index in [1.54, 1.807) is 31.4 Å². The first kappa shape index (κ1) is 35.4. The maximum absolute atomic E-state index is 12.7. The second-order valence-corrected chi connectivity index (χ2v) is 13.6. The molecule has 7 aromatic rings. The summed E-state index contributed by atoms with van der Waals surface area (Å²) in [6, 6.07) is 32.3. The van der Waals surface area contributed by atoms with Gasteiger partial charge in [-0.2, -0.15) is 0 Å². The minimum atomic E-state index is -0.482. The molecule has 0 spiro atoms. The molecule has 0 radical (unpaired) electrons. The van der Waals surface area contributed by atoms with E-state index in [-0.39, 0.29) is 0 Å². The zero-order chi connectivity index (χ0) is 37.4. The Labute approximate surface area is 321 Å². The molecule has 5 nitrogen and oxygen atoms in total. The summed E-state index contributed by atoms with van der Waals surface area (Å²) < 4.78 is 16.1. The number of rotatable bonds is 3. The van der Waals surface area contributed by atoms with Crippen molar-refractivity contribution in [1.82, 2.24) is 0 Å². The number of carbonyl (C=O) groups excluding carboxylic acids is 2. The molecule has 0 aliphatic carbocycles. The van der Waals surface area contributed by atoms with Crippen LogP contribution >= 0.6 is 22.7 Å². The molecule has 0 saturated carbocycles. The lowest BCUT2D eigenvalue weighted by atomic mass is 9.95. The van der Waals surface area contributed by atoms with Gasteiger partial charge in [0.15, 0.2) is 0 Å². The zero-order valence-electron chi connectivity index (χ0n) is 29.3. The summed E-state index contributed by atoms with van der Waals surface area (Å²) >= 11 is 3.07. The number of hydrogen-bond donors (Lipinski definition) is 0. The summed E-state index contributed by atoms with van der Waals surface area (Å²) in [6.45, 7) is 0. The summed E-state index contributed by atoms with van der Waals surface area (Å²) in [6.07, 6.45) is 0. The van der Waals surface area contributed by atoms with Gasteiger partial charge in [-0.15, -0.1) is 22.7 Å². The minimum Gasteiger partial charge on any atom is -0.495 e. The molecule has 54 heavy (non-hydrogen) atoms. The fraction of sp³-hybridized carbons (Fsp3) is 0.0638. The first-order valence-electron chi connectivity index (χ1n) is 16.6. The van der Waals surface area contributed by atoms with Gasteiger partial charge in [0.2, 0.25) is 0 Å². The van der Waals surface area contributed by atoms with Gasteiger partial charge in [-0.25, -0.2) is 9.59 Å². The highest BCUT2D eigenvalue weighted by molar-refractivity contribution is 7.10. The Balaban J connectivity index is 1.28. The molecule has 0 bridgehead atoms. The van der Waals surface area contributed by atoms with E-state index in [1.807, 2.05) is 83.6 Å². The highest BCUT2D eigenvalue weighted by Gasteiger charge is 2.15. The molecule has 0 N–H and O–H groups in total. The Morgan fingerprint density at radius 3 is 1.33 bits per heavy atom. The van der Waals surface area contributed by atoms with E-state index in [0.717, 1.165) is 42.4 Å². The van der Waals surface area contributed by atoms with Crippen LogP contribution in [-0.4, -0.2) is 33.3 Å². The monoisotopic (exact) mass is 736 g/mol. The van der Waals surface area contributed by atoms with Crippen LogP contribution in [0.5, 0.6) is 5.75 Å². The van der Waals surface area contributed by atoms with E-state index in [9.17, 15) is 9.59 Å². The molecule has 0 atom stereocenters. The van der Waals surface area contributed by atoms with Crippen molar-refractivity contribution in [2.45, 2.75) is 0 Å². The number of hydrogen-bond acceptors (Lipinski definition) is 7. The Bertz CT molecular complexity index is 2640. The van der Waals surface area contributed by atoms with Crippen LogP contribution < -0.4 is 4.74 Å². The molecule has 2 heterocycles. The van der Waals surface area contributed by atoms with Crippen LogP contribution in [0.2, 0.25) is 0 Å². The van der Waals surface area contributed by atoms with E-state index < -0.39 is 11.9 Å². The molecule has 0 unspecified atom stereocenters. The lowest BCUT2D eigenvalue weighted by Gasteiger charge is -2.12. The van der Waals surface area contributed by atoms with E-state index >= 15 is 0 Å². The molecule has 0 aliphatic heterocycles. The fourth-order valence-corrected chi connectivity index (χ4v) is 6.96. The third kappa shape index (κ3) is 7.61. The molecule has 7 rings (SSSR count). The van der Waals surface area contributed by atoms with Crippen molar-refractivity contribution in [3.8, 4) is 53.1 Å². The van der Waals surface area contributed by atoms with Gasteiger partial charge in [0.05, 0.1) is 42.2 Å². The first-order valence-corrected chi connectivity index (χ1v) is 18.3. The molecule has 0 amide bonds. The predicted molar refractivity (Wildman–Crippen MR) is 216 cm³/mol. The van der Waals surface area contributed by atoms with Crippen molar-refractivity contribution in [2.24, 2.45) is 0 Å². The van der Waals surface area contributed by atoms with Crippen LogP contribution in [0.25, 0.3) is 21.5 Å². The topological polar surface area (TPSA) is 61.8 Å². The van der Waals surface area contributed by atoms with Gasteiger partial charge in [0.25, 0.3) is 0 Å². The molecule has 0 saturated heterocycles. The van der Waals surface area contributed by atoms with E-state index in [2.05, 4.69) is 53.4 Å². The largest absolute Gasteiger partial charge is 0.495 e. The van der Waals surface area contributed by atoms with Gasteiger partial charge in [-0.3, -0.25) is 0 Å². The molecule has 0 aliphatic rings. The van der Waals surface area contributed by atoms with Crippen LogP contribution in [0.4, 0.5) is 0 Å². The van der Waals surface area contributed by atoms with Gasteiger partial charge in [-0.05, 0) is 77.5 Å². The lowest BCUT2D eigenvalue weighted by molar-refractivity contribution is 0.0591. The summed E-state index contributed by atoms with van der Waals surface area (Å²) in [5, 5.41) is 7.49. The Morgan fingerprint density at radius 1 is 0.463 bits per heavy atom. The SMILES string of the molecule is COC(=O)c1cc(C#Cc2cccc3c(OC)c4cccc(C#Cc5ccc(C#Cc6cccs6)c(C(=O)OC)c5)c4cc23)ccc1C#Cc1cccs1. The standard InChI is InChI=1S/C47H28O5S2/c1-50-45-39-12-4-8-33(18-14-31-16-20-35(43(28-31)46(48)51-2)22-24-37-10-6-26-53-37)41(39)30-42-34(9-5-13-40(42)45)19-15-32-17-21-36(44(29-32)47(49)52-3)23-25-38-11-7-27-54-38/h4-13,16-17,20-21,26-30H,1-3H3. The molecule has 2 aromatic heterocycles. The molecular weight excluding hydrogens is 709 g/mol. The van der Waals surface area contributed by atoms with Crippen molar-refractivity contribution in [3.63, 3.8) is 0 Å². The highest BCUT2D eigenvalue weighted by Crippen LogP contribution is 2.37. The number of methoxy groups -OCH3 is 3. The Morgan fingerprint density at radius 2 is 0.926 bits per heavy atom. The minimum absolute atomic E-state index is 0.349. The number of esters is 2. The van der Waals surface area contributed by atoms with Crippen molar-refractivity contribution >= 4 is 56.2 Å². The van der Waals surface area contributed by atoms with Gasteiger partial charge in [0, 0.05) is 54.9 Å². The van der Waals surface area contributed by atoms with Gasteiger partial charge in [0.1, 0.15) is 5.75 Å². The molecule has 7 heteroatoms. The first-order chi connectivity index (χ1) is 26.4. The average molecular weight is 737 g/mol. The third-order valence-electron chi connectivity index (χ3n) is 8.41. The van der Waals surface area contributed by atoms with Gasteiger partial charge >= 0.3 is 11.9 Å². The maximum Gasteiger partial charge on any atom is 0.339 e. The quantitative estimate of drug-likeness (QED) is 0.103. The normalized spacial score (nSPS) is 10.1. The van der Waals surface area contributed by atoms with Crippen LogP contribution in [0.15, 0.2) is 114 Å². The summed E-state index contributed by atoms with van der Waals surface area (Å²) in [5.74, 6) is 25.3. The smallest absolute Gasteiger partial charge is 0.339 e. The Hall–Kier alpha value is -7.00. The van der Waals surface area contributed by atoms with Crippen molar-refractivity contribution in [1.29, 1.82) is 0 Å². The van der Waals surface area contributed by atoms with Crippen LogP contribution in [0.1, 0.15) is 63.9 Å². The van der Waals surface area contributed by atoms with Gasteiger partial charge < -0.3 is 14.2 Å². The van der Waals surface area contributed by atoms with Crippen LogP contribution in [0.3, 0.4) is 0 Å². The number of carbonyl (C=O) groups is 2.